The van der Waals surface area contributed by atoms with Crippen molar-refractivity contribution in [1.29, 1.82) is 0 Å². The second-order valence-corrected chi connectivity index (χ2v) is 6.05. The highest BCUT2D eigenvalue weighted by atomic mass is 16.5. The quantitative estimate of drug-likeness (QED) is 0.697. The van der Waals surface area contributed by atoms with E-state index in [9.17, 15) is 4.79 Å². The van der Waals surface area contributed by atoms with Crippen LogP contribution in [-0.2, 0) is 0 Å². The van der Waals surface area contributed by atoms with Crippen molar-refractivity contribution >= 4 is 5.57 Å². The number of ether oxygens (including phenoxy) is 1. The van der Waals surface area contributed by atoms with Gasteiger partial charge in [0, 0.05) is 24.1 Å². The van der Waals surface area contributed by atoms with Crippen molar-refractivity contribution in [3.8, 4) is 5.75 Å². The number of benzene rings is 1. The molecule has 0 bridgehead atoms. The van der Waals surface area contributed by atoms with E-state index in [1.165, 1.54) is 6.07 Å². The van der Waals surface area contributed by atoms with Crippen LogP contribution in [0.4, 0.5) is 0 Å². The van der Waals surface area contributed by atoms with E-state index < -0.39 is 0 Å². The highest BCUT2D eigenvalue weighted by Gasteiger charge is 2.17. The van der Waals surface area contributed by atoms with Gasteiger partial charge in [-0.3, -0.25) is 4.79 Å². The van der Waals surface area contributed by atoms with Gasteiger partial charge in [0.15, 0.2) is 0 Å². The van der Waals surface area contributed by atoms with Crippen LogP contribution in [0.1, 0.15) is 43.0 Å². The minimum atomic E-state index is -0.231. The average molecular weight is 365 g/mol. The SMILES string of the molecule is C\C=C/C(=C\C=C/CC)c1cc(C(CN)c2ccc(=O)[nH]n2)ccc1OC. The number of methoxy groups -OCH3 is 1. The van der Waals surface area contributed by atoms with Crippen LogP contribution < -0.4 is 16.0 Å². The van der Waals surface area contributed by atoms with E-state index in [4.69, 9.17) is 10.5 Å². The van der Waals surface area contributed by atoms with E-state index in [2.05, 4.69) is 41.4 Å². The number of H-pyrrole nitrogens is 1. The first-order chi connectivity index (χ1) is 13.1. The van der Waals surface area contributed by atoms with E-state index in [-0.39, 0.29) is 11.5 Å². The van der Waals surface area contributed by atoms with Gasteiger partial charge in [-0.05, 0) is 42.7 Å². The molecule has 0 radical (unpaired) electrons. The summed E-state index contributed by atoms with van der Waals surface area (Å²) in [6.07, 6.45) is 11.3. The first-order valence-corrected chi connectivity index (χ1v) is 9.08. The van der Waals surface area contributed by atoms with Gasteiger partial charge in [-0.2, -0.15) is 5.10 Å². The summed E-state index contributed by atoms with van der Waals surface area (Å²) in [6.45, 7) is 4.47. The molecule has 0 aliphatic heterocycles. The molecule has 0 saturated heterocycles. The molecule has 3 N–H and O–H groups in total. The van der Waals surface area contributed by atoms with Crippen molar-refractivity contribution in [3.05, 3.63) is 87.9 Å². The van der Waals surface area contributed by atoms with Crippen molar-refractivity contribution < 1.29 is 4.74 Å². The molecule has 5 heteroatoms. The Bertz CT molecular complexity index is 874. The fourth-order valence-corrected chi connectivity index (χ4v) is 2.87. The van der Waals surface area contributed by atoms with Crippen LogP contribution >= 0.6 is 0 Å². The van der Waals surface area contributed by atoms with Gasteiger partial charge >= 0.3 is 0 Å². The third-order valence-corrected chi connectivity index (χ3v) is 4.22. The second-order valence-electron chi connectivity index (χ2n) is 6.05. The number of nitrogens with one attached hydrogen (secondary N) is 1. The normalized spacial score (nSPS) is 13.4. The summed E-state index contributed by atoms with van der Waals surface area (Å²) in [7, 11) is 1.66. The lowest BCUT2D eigenvalue weighted by Crippen LogP contribution is -2.18. The molecular weight excluding hydrogens is 338 g/mol. The standard InChI is InChI=1S/C22H27N3O2/c1-4-6-7-9-16(8-5-2)18-14-17(10-12-21(18)27-3)19(15-23)20-11-13-22(26)25-24-20/h5-14,19H,4,15,23H2,1-3H3,(H,25,26)/b7-6-,8-5-,16-9+. The van der Waals surface area contributed by atoms with Gasteiger partial charge in [-0.25, -0.2) is 5.10 Å². The van der Waals surface area contributed by atoms with E-state index >= 15 is 0 Å². The number of allylic oxidation sites excluding steroid dienone is 6. The summed E-state index contributed by atoms with van der Waals surface area (Å²) in [5.74, 6) is 0.669. The Labute approximate surface area is 160 Å². The van der Waals surface area contributed by atoms with E-state index in [1.807, 2.05) is 31.2 Å². The summed E-state index contributed by atoms with van der Waals surface area (Å²) in [6, 6.07) is 9.19. The number of aromatic nitrogens is 2. The molecule has 0 aliphatic carbocycles. The fourth-order valence-electron chi connectivity index (χ4n) is 2.87. The smallest absolute Gasteiger partial charge is 0.264 e. The topological polar surface area (TPSA) is 81.0 Å². The average Bonchev–Trinajstić information content (AvgIpc) is 2.69. The number of hydrogen-bond donors (Lipinski definition) is 2. The lowest BCUT2D eigenvalue weighted by atomic mass is 9.91. The maximum absolute atomic E-state index is 11.3. The molecule has 1 heterocycles. The number of hydrogen-bond acceptors (Lipinski definition) is 4. The molecule has 2 rings (SSSR count). The molecule has 0 fully saturated rings. The van der Waals surface area contributed by atoms with Crippen LogP contribution in [0.3, 0.4) is 0 Å². The molecule has 1 aromatic heterocycles. The molecule has 0 aliphatic rings. The maximum atomic E-state index is 11.3. The molecule has 27 heavy (non-hydrogen) atoms. The minimum absolute atomic E-state index is 0.121. The first-order valence-electron chi connectivity index (χ1n) is 9.08. The van der Waals surface area contributed by atoms with Crippen molar-refractivity contribution in [1.82, 2.24) is 10.2 Å². The summed E-state index contributed by atoms with van der Waals surface area (Å²) < 4.78 is 5.58. The molecule has 1 aromatic carbocycles. The molecule has 142 valence electrons. The van der Waals surface area contributed by atoms with Crippen LogP contribution in [0, 0.1) is 0 Å². The van der Waals surface area contributed by atoms with Crippen LogP contribution in [0.5, 0.6) is 5.75 Å². The third-order valence-electron chi connectivity index (χ3n) is 4.22. The first kappa shape index (κ1) is 20.4. The molecular formula is C22H27N3O2. The van der Waals surface area contributed by atoms with Gasteiger partial charge in [0.05, 0.1) is 12.8 Å². The predicted octanol–water partition coefficient (Wildman–Crippen LogP) is 3.79. The highest BCUT2D eigenvalue weighted by Crippen LogP contribution is 2.32. The minimum Gasteiger partial charge on any atom is -0.496 e. The molecule has 5 nitrogen and oxygen atoms in total. The summed E-state index contributed by atoms with van der Waals surface area (Å²) in [4.78, 5) is 11.3. The molecule has 0 saturated carbocycles. The van der Waals surface area contributed by atoms with Gasteiger partial charge in [-0.1, -0.05) is 43.4 Å². The van der Waals surface area contributed by atoms with Gasteiger partial charge in [0.1, 0.15) is 5.75 Å². The highest BCUT2D eigenvalue weighted by molar-refractivity contribution is 5.79. The second kappa shape index (κ2) is 10.3. The Balaban J connectivity index is 2.54. The molecule has 0 amide bonds. The lowest BCUT2D eigenvalue weighted by Gasteiger charge is -2.17. The Morgan fingerprint density at radius 1 is 1.33 bits per heavy atom. The van der Waals surface area contributed by atoms with Crippen LogP contribution in [0.25, 0.3) is 5.57 Å². The molecule has 1 atom stereocenters. The van der Waals surface area contributed by atoms with Gasteiger partial charge < -0.3 is 10.5 Å². The fraction of sp³-hybridized carbons (Fsp3) is 0.273. The molecule has 2 aromatic rings. The number of rotatable bonds is 8. The lowest BCUT2D eigenvalue weighted by molar-refractivity contribution is 0.413. The van der Waals surface area contributed by atoms with Crippen molar-refractivity contribution in [2.45, 2.75) is 26.2 Å². The van der Waals surface area contributed by atoms with Crippen LogP contribution in [0.15, 0.2) is 65.5 Å². The summed E-state index contributed by atoms with van der Waals surface area (Å²) in [5, 5.41) is 6.63. The zero-order valence-corrected chi connectivity index (χ0v) is 16.1. The van der Waals surface area contributed by atoms with E-state index in [1.54, 1.807) is 13.2 Å². The Morgan fingerprint density at radius 3 is 2.74 bits per heavy atom. The Morgan fingerprint density at radius 2 is 2.15 bits per heavy atom. The zero-order chi connectivity index (χ0) is 19.6. The van der Waals surface area contributed by atoms with Crippen LogP contribution in [0.2, 0.25) is 0 Å². The summed E-state index contributed by atoms with van der Waals surface area (Å²) in [5.41, 5.74) is 9.57. The number of nitrogens with zero attached hydrogens (tertiary/aromatic N) is 1. The Kier molecular flexibility index (Phi) is 7.77. The number of nitrogens with two attached hydrogens (primary N) is 1. The number of aromatic amines is 1. The molecule has 1 unspecified atom stereocenters. The molecule has 0 spiro atoms. The van der Waals surface area contributed by atoms with Gasteiger partial charge in [-0.15, -0.1) is 0 Å². The largest absolute Gasteiger partial charge is 0.496 e. The monoisotopic (exact) mass is 365 g/mol. The van der Waals surface area contributed by atoms with Crippen molar-refractivity contribution in [2.75, 3.05) is 13.7 Å². The summed E-state index contributed by atoms with van der Waals surface area (Å²) >= 11 is 0. The van der Waals surface area contributed by atoms with Gasteiger partial charge in [0.25, 0.3) is 5.56 Å². The maximum Gasteiger partial charge on any atom is 0.264 e. The van der Waals surface area contributed by atoms with Crippen molar-refractivity contribution in [3.63, 3.8) is 0 Å². The van der Waals surface area contributed by atoms with E-state index in [0.717, 1.165) is 34.6 Å². The predicted molar refractivity (Wildman–Crippen MR) is 111 cm³/mol. The van der Waals surface area contributed by atoms with Crippen LogP contribution in [-0.4, -0.2) is 23.9 Å². The third kappa shape index (κ3) is 5.28. The zero-order valence-electron chi connectivity index (χ0n) is 16.1. The Hall–Kier alpha value is -2.92. The van der Waals surface area contributed by atoms with Crippen molar-refractivity contribution in [2.24, 2.45) is 5.73 Å². The van der Waals surface area contributed by atoms with Gasteiger partial charge in [0.2, 0.25) is 0 Å². The van der Waals surface area contributed by atoms with E-state index in [0.29, 0.717) is 6.54 Å².